The van der Waals surface area contributed by atoms with E-state index in [9.17, 15) is 14.4 Å². The molecular weight excluding hydrogens is 482 g/mol. The Morgan fingerprint density at radius 1 is 1.28 bits per heavy atom. The molecule has 0 unspecified atom stereocenters. The molecule has 1 aliphatic rings. The molecule has 10 heteroatoms. The lowest BCUT2D eigenvalue weighted by Crippen LogP contribution is -2.54. The lowest BCUT2D eigenvalue weighted by Gasteiger charge is -2.29. The number of carbonyl (C=O) groups excluding carboxylic acids is 3. The SMILES string of the molecule is NC(=O)COc1ccc(C=C2C(=O)NC(=S)N(c3cccc(Br)c3)C2=O)cc1Cl. The third-order valence-electron chi connectivity index (χ3n) is 3.80. The summed E-state index contributed by atoms with van der Waals surface area (Å²) in [5, 5.41) is 2.70. The highest BCUT2D eigenvalue weighted by molar-refractivity contribution is 9.10. The molecule has 148 valence electrons. The Kier molecular flexibility index (Phi) is 6.31. The molecule has 0 saturated carbocycles. The summed E-state index contributed by atoms with van der Waals surface area (Å²) in [7, 11) is 0. The van der Waals surface area contributed by atoms with Gasteiger partial charge >= 0.3 is 0 Å². The smallest absolute Gasteiger partial charge is 0.270 e. The summed E-state index contributed by atoms with van der Waals surface area (Å²) < 4.78 is 5.94. The standard InChI is InChI=1S/C19H13BrClN3O4S/c20-11-2-1-3-12(8-11)24-18(27)13(17(26)23-19(24)29)6-10-4-5-15(14(21)7-10)28-9-16(22)25/h1-8H,9H2,(H2,22,25)(H,23,26,29). The van der Waals surface area contributed by atoms with E-state index in [4.69, 9.17) is 34.3 Å². The number of primary amides is 1. The van der Waals surface area contributed by atoms with E-state index in [1.165, 1.54) is 23.1 Å². The number of nitrogens with two attached hydrogens (primary N) is 1. The zero-order chi connectivity index (χ0) is 21.1. The minimum atomic E-state index is -0.639. The van der Waals surface area contributed by atoms with Crippen LogP contribution in [0.1, 0.15) is 5.56 Å². The number of rotatable bonds is 5. The summed E-state index contributed by atoms with van der Waals surface area (Å²) in [5.41, 5.74) is 5.92. The van der Waals surface area contributed by atoms with E-state index in [0.717, 1.165) is 4.47 Å². The van der Waals surface area contributed by atoms with Gasteiger partial charge in [-0.1, -0.05) is 39.7 Å². The number of hydrogen-bond donors (Lipinski definition) is 2. The fraction of sp³-hybridized carbons (Fsp3) is 0.0526. The van der Waals surface area contributed by atoms with Crippen LogP contribution in [0.25, 0.3) is 6.08 Å². The van der Waals surface area contributed by atoms with Crippen molar-refractivity contribution < 1.29 is 19.1 Å². The first-order chi connectivity index (χ1) is 13.8. The summed E-state index contributed by atoms with van der Waals surface area (Å²) in [6.07, 6.45) is 1.40. The van der Waals surface area contributed by atoms with Gasteiger partial charge in [-0.2, -0.15) is 0 Å². The van der Waals surface area contributed by atoms with Crippen LogP contribution >= 0.6 is 39.7 Å². The van der Waals surface area contributed by atoms with Crippen molar-refractivity contribution in [3.63, 3.8) is 0 Å². The van der Waals surface area contributed by atoms with Gasteiger partial charge in [0.2, 0.25) is 0 Å². The van der Waals surface area contributed by atoms with Gasteiger partial charge in [-0.3, -0.25) is 24.6 Å². The zero-order valence-electron chi connectivity index (χ0n) is 14.6. The highest BCUT2D eigenvalue weighted by Crippen LogP contribution is 2.28. The molecule has 0 bridgehead atoms. The normalized spacial score (nSPS) is 15.4. The molecule has 1 saturated heterocycles. The van der Waals surface area contributed by atoms with Crippen molar-refractivity contribution >= 4 is 74.3 Å². The molecule has 3 rings (SSSR count). The average Bonchev–Trinajstić information content (AvgIpc) is 2.64. The van der Waals surface area contributed by atoms with Crippen LogP contribution < -0.4 is 20.7 Å². The van der Waals surface area contributed by atoms with Crippen LogP contribution in [0.4, 0.5) is 5.69 Å². The van der Waals surface area contributed by atoms with Crippen LogP contribution in [-0.4, -0.2) is 29.4 Å². The number of amides is 3. The monoisotopic (exact) mass is 493 g/mol. The van der Waals surface area contributed by atoms with Crippen LogP contribution in [0.5, 0.6) is 5.75 Å². The maximum absolute atomic E-state index is 13.0. The number of halogens is 2. The topological polar surface area (TPSA) is 102 Å². The van der Waals surface area contributed by atoms with E-state index in [1.54, 1.807) is 30.3 Å². The number of nitrogens with zero attached hydrogens (tertiary/aromatic N) is 1. The van der Waals surface area contributed by atoms with E-state index in [1.807, 2.05) is 0 Å². The molecule has 0 atom stereocenters. The Bertz CT molecular complexity index is 1070. The minimum Gasteiger partial charge on any atom is -0.482 e. The van der Waals surface area contributed by atoms with Crippen LogP contribution in [0.15, 0.2) is 52.5 Å². The average molecular weight is 495 g/mol. The fourth-order valence-corrected chi connectivity index (χ4v) is 3.46. The Hall–Kier alpha value is -2.75. The lowest BCUT2D eigenvalue weighted by atomic mass is 10.1. The van der Waals surface area contributed by atoms with E-state index in [-0.39, 0.29) is 28.1 Å². The number of benzene rings is 2. The molecule has 2 aromatic carbocycles. The van der Waals surface area contributed by atoms with E-state index in [0.29, 0.717) is 11.3 Å². The van der Waals surface area contributed by atoms with Crippen LogP contribution in [0, 0.1) is 0 Å². The predicted octanol–water partition coefficient (Wildman–Crippen LogP) is 2.80. The second-order valence-corrected chi connectivity index (χ2v) is 7.59. The van der Waals surface area contributed by atoms with E-state index in [2.05, 4.69) is 21.2 Å². The number of carbonyl (C=O) groups is 3. The number of ether oxygens (including phenoxy) is 1. The number of thiocarbonyl (C=S) groups is 1. The summed E-state index contributed by atoms with van der Waals surface area (Å²) in [5.74, 6) is -1.57. The van der Waals surface area contributed by atoms with Crippen LogP contribution in [0.3, 0.4) is 0 Å². The van der Waals surface area contributed by atoms with Crippen molar-refractivity contribution in [3.05, 3.63) is 63.1 Å². The molecular formula is C19H13BrClN3O4S. The van der Waals surface area contributed by atoms with Crippen LogP contribution in [0.2, 0.25) is 5.02 Å². The largest absolute Gasteiger partial charge is 0.482 e. The first kappa shape index (κ1) is 21.0. The van der Waals surface area contributed by atoms with Gasteiger partial charge in [-0.15, -0.1) is 0 Å². The molecule has 0 radical (unpaired) electrons. The van der Waals surface area contributed by atoms with E-state index >= 15 is 0 Å². The molecule has 0 aliphatic carbocycles. The van der Waals surface area contributed by atoms with Crippen molar-refractivity contribution in [2.45, 2.75) is 0 Å². The highest BCUT2D eigenvalue weighted by atomic mass is 79.9. The van der Waals surface area contributed by atoms with Crippen molar-refractivity contribution in [1.82, 2.24) is 5.32 Å². The molecule has 0 aromatic heterocycles. The summed E-state index contributed by atoms with van der Waals surface area (Å²) in [6.45, 7) is -0.319. The van der Waals surface area contributed by atoms with Gasteiger partial charge in [-0.25, -0.2) is 0 Å². The predicted molar refractivity (Wildman–Crippen MR) is 116 cm³/mol. The Morgan fingerprint density at radius 3 is 2.69 bits per heavy atom. The van der Waals surface area contributed by atoms with Gasteiger partial charge in [-0.05, 0) is 54.2 Å². The summed E-state index contributed by atoms with van der Waals surface area (Å²) in [4.78, 5) is 37.4. The van der Waals surface area contributed by atoms with Crippen molar-refractivity contribution in [3.8, 4) is 5.75 Å². The van der Waals surface area contributed by atoms with Crippen LogP contribution in [-0.2, 0) is 14.4 Å². The molecule has 1 fully saturated rings. The second kappa shape index (κ2) is 8.73. The number of anilines is 1. The number of nitrogens with one attached hydrogen (secondary N) is 1. The van der Waals surface area contributed by atoms with E-state index < -0.39 is 17.7 Å². The minimum absolute atomic E-state index is 0.0107. The highest BCUT2D eigenvalue weighted by Gasteiger charge is 2.34. The first-order valence-corrected chi connectivity index (χ1v) is 9.72. The maximum Gasteiger partial charge on any atom is 0.270 e. The molecule has 29 heavy (non-hydrogen) atoms. The lowest BCUT2D eigenvalue weighted by molar-refractivity contribution is -0.122. The molecule has 7 nitrogen and oxygen atoms in total. The quantitative estimate of drug-likeness (QED) is 0.378. The maximum atomic E-state index is 13.0. The third kappa shape index (κ3) is 4.81. The summed E-state index contributed by atoms with van der Waals surface area (Å²) >= 11 is 14.7. The Morgan fingerprint density at radius 2 is 2.03 bits per heavy atom. The third-order valence-corrected chi connectivity index (χ3v) is 4.88. The molecule has 1 heterocycles. The van der Waals surface area contributed by atoms with Gasteiger partial charge in [0.15, 0.2) is 11.7 Å². The van der Waals surface area contributed by atoms with Gasteiger partial charge in [0, 0.05) is 4.47 Å². The molecule has 3 N–H and O–H groups in total. The molecule has 2 aromatic rings. The van der Waals surface area contributed by atoms with Gasteiger partial charge in [0.25, 0.3) is 17.7 Å². The van der Waals surface area contributed by atoms with Gasteiger partial charge in [0.05, 0.1) is 10.7 Å². The van der Waals surface area contributed by atoms with Gasteiger partial charge in [0.1, 0.15) is 11.3 Å². The van der Waals surface area contributed by atoms with Gasteiger partial charge < -0.3 is 10.5 Å². The summed E-state index contributed by atoms with van der Waals surface area (Å²) in [6, 6.07) is 11.6. The Labute approximate surface area is 184 Å². The molecule has 3 amide bonds. The fourth-order valence-electron chi connectivity index (χ4n) is 2.55. The first-order valence-electron chi connectivity index (χ1n) is 8.14. The zero-order valence-corrected chi connectivity index (χ0v) is 17.8. The molecule has 1 aliphatic heterocycles. The number of hydrogen-bond acceptors (Lipinski definition) is 5. The van der Waals surface area contributed by atoms with Crippen molar-refractivity contribution in [2.75, 3.05) is 11.5 Å². The van der Waals surface area contributed by atoms with Crippen molar-refractivity contribution in [1.29, 1.82) is 0 Å². The molecule has 0 spiro atoms. The Balaban J connectivity index is 1.92. The second-order valence-electron chi connectivity index (χ2n) is 5.88. The van der Waals surface area contributed by atoms with Crippen molar-refractivity contribution in [2.24, 2.45) is 5.73 Å².